The van der Waals surface area contributed by atoms with Gasteiger partial charge in [-0.2, -0.15) is 0 Å². The number of para-hydroxylation sites is 1. The molecule has 0 radical (unpaired) electrons. The third-order valence-electron chi connectivity index (χ3n) is 6.27. The van der Waals surface area contributed by atoms with Crippen molar-refractivity contribution in [3.8, 4) is 0 Å². The van der Waals surface area contributed by atoms with Gasteiger partial charge in [0.2, 0.25) is 5.91 Å². The van der Waals surface area contributed by atoms with Gasteiger partial charge >= 0.3 is 11.9 Å². The Hall–Kier alpha value is -3.15. The molecule has 2 aromatic rings. The highest BCUT2D eigenvalue weighted by Gasteiger charge is 2.40. The lowest BCUT2D eigenvalue weighted by molar-refractivity contribution is -0.155. The highest BCUT2D eigenvalue weighted by atomic mass is 16.5. The number of benzene rings is 2. The van der Waals surface area contributed by atoms with Crippen LogP contribution in [-0.2, 0) is 32.1 Å². The Morgan fingerprint density at radius 3 is 2.58 bits per heavy atom. The molecule has 1 aliphatic heterocycles. The topological polar surface area (TPSA) is 72.9 Å². The first-order valence-corrected chi connectivity index (χ1v) is 10.8. The summed E-state index contributed by atoms with van der Waals surface area (Å²) in [5.41, 5.74) is 3.26. The molecule has 4 rings (SSSR count). The zero-order valence-corrected chi connectivity index (χ0v) is 17.7. The maximum Gasteiger partial charge on any atom is 0.337 e. The lowest BCUT2D eigenvalue weighted by Gasteiger charge is -2.32. The van der Waals surface area contributed by atoms with E-state index < -0.39 is 11.9 Å². The summed E-state index contributed by atoms with van der Waals surface area (Å²) in [7, 11) is 1.33. The maximum atomic E-state index is 13.4. The van der Waals surface area contributed by atoms with Crippen LogP contribution in [0.3, 0.4) is 0 Å². The zero-order valence-electron chi connectivity index (χ0n) is 17.7. The second-order valence-electron chi connectivity index (χ2n) is 8.17. The lowest BCUT2D eigenvalue weighted by atomic mass is 9.78. The molecule has 162 valence electrons. The molecule has 6 heteroatoms. The number of methoxy groups -OCH3 is 1. The molecule has 6 nitrogen and oxygen atoms in total. The molecule has 0 spiro atoms. The van der Waals surface area contributed by atoms with Crippen molar-refractivity contribution in [3.63, 3.8) is 0 Å². The van der Waals surface area contributed by atoms with Gasteiger partial charge in [0.15, 0.2) is 0 Å². The van der Waals surface area contributed by atoms with E-state index in [9.17, 15) is 14.4 Å². The van der Waals surface area contributed by atoms with E-state index in [2.05, 4.69) is 6.07 Å². The quantitative estimate of drug-likeness (QED) is 0.685. The van der Waals surface area contributed by atoms with Crippen LogP contribution in [0.15, 0.2) is 48.5 Å². The van der Waals surface area contributed by atoms with Crippen LogP contribution in [0.5, 0.6) is 0 Å². The van der Waals surface area contributed by atoms with Gasteiger partial charge < -0.3 is 14.4 Å². The van der Waals surface area contributed by atoms with Crippen molar-refractivity contribution in [2.24, 2.45) is 11.8 Å². The van der Waals surface area contributed by atoms with E-state index in [1.165, 1.54) is 12.7 Å². The van der Waals surface area contributed by atoms with Crippen molar-refractivity contribution in [2.75, 3.05) is 18.6 Å². The predicted molar refractivity (Wildman–Crippen MR) is 116 cm³/mol. The molecule has 0 saturated heterocycles. The summed E-state index contributed by atoms with van der Waals surface area (Å²) in [6.07, 6.45) is 4.07. The van der Waals surface area contributed by atoms with Crippen LogP contribution in [0.2, 0.25) is 0 Å². The smallest absolute Gasteiger partial charge is 0.337 e. The first-order chi connectivity index (χ1) is 15.1. The normalized spacial score (nSPS) is 20.1. The monoisotopic (exact) mass is 421 g/mol. The highest BCUT2D eigenvalue weighted by Crippen LogP contribution is 2.36. The van der Waals surface area contributed by atoms with Crippen LogP contribution in [0, 0.1) is 11.8 Å². The Bertz CT molecular complexity index is 985. The minimum Gasteiger partial charge on any atom is -0.465 e. The summed E-state index contributed by atoms with van der Waals surface area (Å²) in [4.78, 5) is 39.9. The van der Waals surface area contributed by atoms with Gasteiger partial charge in [-0.3, -0.25) is 9.59 Å². The second-order valence-corrected chi connectivity index (χ2v) is 8.17. The van der Waals surface area contributed by atoms with Crippen molar-refractivity contribution in [2.45, 2.75) is 38.7 Å². The number of amides is 1. The molecule has 2 atom stereocenters. The van der Waals surface area contributed by atoms with Gasteiger partial charge in [0.1, 0.15) is 6.61 Å². The van der Waals surface area contributed by atoms with E-state index in [0.29, 0.717) is 30.5 Å². The van der Waals surface area contributed by atoms with E-state index in [1.807, 2.05) is 23.1 Å². The van der Waals surface area contributed by atoms with Gasteiger partial charge in [-0.1, -0.05) is 43.2 Å². The minimum atomic E-state index is -0.433. The molecule has 1 saturated carbocycles. The van der Waals surface area contributed by atoms with Crippen LogP contribution in [0.4, 0.5) is 5.69 Å². The van der Waals surface area contributed by atoms with Gasteiger partial charge in [0, 0.05) is 12.2 Å². The molecule has 31 heavy (non-hydrogen) atoms. The second kappa shape index (κ2) is 9.33. The average Bonchev–Trinajstić information content (AvgIpc) is 3.26. The summed E-state index contributed by atoms with van der Waals surface area (Å²) in [5.74, 6) is -1.53. The third kappa shape index (κ3) is 4.48. The summed E-state index contributed by atoms with van der Waals surface area (Å²) in [6, 6.07) is 14.8. The Balaban J connectivity index is 1.43. The van der Waals surface area contributed by atoms with Crippen LogP contribution in [-0.4, -0.2) is 31.5 Å². The van der Waals surface area contributed by atoms with E-state index in [-0.39, 0.29) is 24.4 Å². The van der Waals surface area contributed by atoms with E-state index in [1.54, 1.807) is 24.3 Å². The molecule has 1 aliphatic carbocycles. The third-order valence-corrected chi connectivity index (χ3v) is 6.27. The maximum absolute atomic E-state index is 13.4. The molecule has 0 aromatic heterocycles. The SMILES string of the molecule is COC(=O)c1cccc(COC(=O)[C@@H]2CCCC[C@@H]2C(=O)N2CCc3ccccc32)c1. The number of anilines is 1. The average molecular weight is 421 g/mol. The number of rotatable bonds is 5. The van der Waals surface area contributed by atoms with Gasteiger partial charge in [0.05, 0.1) is 24.5 Å². The van der Waals surface area contributed by atoms with Gasteiger partial charge in [-0.25, -0.2) is 4.79 Å². The van der Waals surface area contributed by atoms with Crippen LogP contribution in [0.1, 0.15) is 47.2 Å². The zero-order chi connectivity index (χ0) is 21.8. The standard InChI is InChI=1S/C25H27NO5/c1-30-24(28)19-9-6-7-17(15-19)16-31-25(29)21-11-4-3-10-20(21)23(27)26-14-13-18-8-2-5-12-22(18)26/h2,5-9,12,15,20-21H,3-4,10-11,13-14,16H2,1H3/t20-,21+/m0/s1. The number of ether oxygens (including phenoxy) is 2. The fraction of sp³-hybridized carbons (Fsp3) is 0.400. The summed E-state index contributed by atoms with van der Waals surface area (Å²) in [5, 5.41) is 0. The van der Waals surface area contributed by atoms with Crippen molar-refractivity contribution in [1.29, 1.82) is 0 Å². The van der Waals surface area contributed by atoms with Gasteiger partial charge in [-0.05, 0) is 48.6 Å². The Morgan fingerprint density at radius 1 is 1.00 bits per heavy atom. The molecular formula is C25H27NO5. The Kier molecular flexibility index (Phi) is 6.35. The van der Waals surface area contributed by atoms with Crippen LogP contribution >= 0.6 is 0 Å². The molecule has 1 fully saturated rings. The van der Waals surface area contributed by atoms with Crippen LogP contribution < -0.4 is 4.90 Å². The highest BCUT2D eigenvalue weighted by molar-refractivity contribution is 5.99. The first kappa shape index (κ1) is 21.1. The van der Waals surface area contributed by atoms with Crippen molar-refractivity contribution >= 4 is 23.5 Å². The lowest BCUT2D eigenvalue weighted by Crippen LogP contribution is -2.42. The molecule has 2 aromatic carbocycles. The van der Waals surface area contributed by atoms with Gasteiger partial charge in [-0.15, -0.1) is 0 Å². The fourth-order valence-electron chi connectivity index (χ4n) is 4.64. The Morgan fingerprint density at radius 2 is 1.77 bits per heavy atom. The van der Waals surface area contributed by atoms with Crippen molar-refractivity contribution < 1.29 is 23.9 Å². The molecule has 0 bridgehead atoms. The van der Waals surface area contributed by atoms with Gasteiger partial charge in [0.25, 0.3) is 0 Å². The van der Waals surface area contributed by atoms with Crippen molar-refractivity contribution in [1.82, 2.24) is 0 Å². The molecule has 0 N–H and O–H groups in total. The number of hydrogen-bond donors (Lipinski definition) is 0. The van der Waals surface area contributed by atoms with E-state index in [0.717, 1.165) is 24.9 Å². The minimum absolute atomic E-state index is 0.0271. The summed E-state index contributed by atoms with van der Waals surface area (Å²) >= 11 is 0. The Labute approximate surface area is 182 Å². The molecule has 1 heterocycles. The van der Waals surface area contributed by atoms with E-state index >= 15 is 0 Å². The number of fused-ring (bicyclic) bond motifs is 1. The number of carbonyl (C=O) groups excluding carboxylic acids is 3. The van der Waals surface area contributed by atoms with Crippen molar-refractivity contribution in [3.05, 3.63) is 65.2 Å². The molecule has 0 unspecified atom stereocenters. The first-order valence-electron chi connectivity index (χ1n) is 10.8. The fourth-order valence-corrected chi connectivity index (χ4v) is 4.64. The number of esters is 2. The summed E-state index contributed by atoms with van der Waals surface area (Å²) < 4.78 is 10.3. The number of carbonyl (C=O) groups is 3. The summed E-state index contributed by atoms with van der Waals surface area (Å²) in [6.45, 7) is 0.727. The van der Waals surface area contributed by atoms with Crippen LogP contribution in [0.25, 0.3) is 0 Å². The largest absolute Gasteiger partial charge is 0.465 e. The van der Waals surface area contributed by atoms with E-state index in [4.69, 9.17) is 9.47 Å². The molecular weight excluding hydrogens is 394 g/mol. The predicted octanol–water partition coefficient (Wildman–Crippen LogP) is 3.91. The molecule has 1 amide bonds. The molecule has 2 aliphatic rings. The number of hydrogen-bond acceptors (Lipinski definition) is 5. The number of nitrogens with zero attached hydrogens (tertiary/aromatic N) is 1.